The van der Waals surface area contributed by atoms with Gasteiger partial charge >= 0.3 is 5.97 Å². The van der Waals surface area contributed by atoms with Crippen LogP contribution >= 0.6 is 0 Å². The number of hydrogen-bond acceptors (Lipinski definition) is 6. The number of aromatic amines is 1. The Morgan fingerprint density at radius 1 is 1.23 bits per heavy atom. The average molecular weight is 296 g/mol. The largest absolute Gasteiger partial charge is 0.507 e. The Hall–Kier alpha value is -3.78. The number of carboxylic acids is 1. The van der Waals surface area contributed by atoms with E-state index in [9.17, 15) is 20.0 Å². The third kappa shape index (κ3) is 2.21. The summed E-state index contributed by atoms with van der Waals surface area (Å²) in [5.74, 6) is -2.10. The Bertz CT molecular complexity index is 932. The van der Waals surface area contributed by atoms with Crippen molar-refractivity contribution in [1.82, 2.24) is 4.98 Å². The number of H-pyrrole nitrogens is 1. The molecule has 8 heteroatoms. The lowest BCUT2D eigenvalue weighted by atomic mass is 9.95. The second kappa shape index (κ2) is 5.31. The minimum Gasteiger partial charge on any atom is -0.507 e. The molecule has 1 aromatic heterocycles. The third-order valence-electron chi connectivity index (χ3n) is 2.98. The van der Waals surface area contributed by atoms with E-state index in [2.05, 4.69) is 4.98 Å². The number of carbonyl (C=O) groups is 1. The number of nitriles is 2. The lowest BCUT2D eigenvalue weighted by Crippen LogP contribution is -2.16. The van der Waals surface area contributed by atoms with Crippen LogP contribution in [0.1, 0.15) is 21.5 Å². The van der Waals surface area contributed by atoms with Gasteiger partial charge in [0.15, 0.2) is 0 Å². The minimum atomic E-state index is -1.39. The van der Waals surface area contributed by atoms with Gasteiger partial charge in [0.25, 0.3) is 5.56 Å². The summed E-state index contributed by atoms with van der Waals surface area (Å²) in [6.07, 6.45) is 0. The first-order valence-electron chi connectivity index (χ1n) is 5.83. The van der Waals surface area contributed by atoms with Crippen LogP contribution in [0, 0.1) is 22.7 Å². The van der Waals surface area contributed by atoms with Crippen LogP contribution in [-0.2, 0) is 0 Å². The highest BCUT2D eigenvalue weighted by atomic mass is 16.4. The number of nitrogens with two attached hydrogens (primary N) is 1. The van der Waals surface area contributed by atoms with Crippen LogP contribution in [0.4, 0.5) is 5.82 Å². The highest BCUT2D eigenvalue weighted by Crippen LogP contribution is 2.31. The molecule has 1 aromatic carbocycles. The normalized spacial score (nSPS) is 9.73. The molecule has 0 aliphatic heterocycles. The zero-order valence-corrected chi connectivity index (χ0v) is 10.9. The van der Waals surface area contributed by atoms with Crippen LogP contribution < -0.4 is 11.3 Å². The van der Waals surface area contributed by atoms with Gasteiger partial charge in [0.05, 0.1) is 0 Å². The molecule has 0 bridgehead atoms. The van der Waals surface area contributed by atoms with Crippen molar-refractivity contribution in [2.45, 2.75) is 0 Å². The number of hydrogen-bond donors (Lipinski definition) is 4. The van der Waals surface area contributed by atoms with E-state index < -0.39 is 22.8 Å². The number of rotatable bonds is 2. The van der Waals surface area contributed by atoms with Gasteiger partial charge in [0.1, 0.15) is 40.4 Å². The van der Waals surface area contributed by atoms with Crippen molar-refractivity contribution in [3.8, 4) is 29.0 Å². The maximum atomic E-state index is 11.8. The Balaban J connectivity index is 2.92. The lowest BCUT2D eigenvalue weighted by molar-refractivity contribution is 0.0694. The smallest absolute Gasteiger partial charge is 0.339 e. The molecule has 0 saturated heterocycles. The van der Waals surface area contributed by atoms with E-state index in [0.29, 0.717) is 0 Å². The topological polar surface area (TPSA) is 164 Å². The van der Waals surface area contributed by atoms with E-state index in [0.717, 1.165) is 12.1 Å². The maximum absolute atomic E-state index is 11.8. The number of pyridine rings is 1. The molecule has 0 aliphatic carbocycles. The van der Waals surface area contributed by atoms with Crippen LogP contribution in [0.25, 0.3) is 11.1 Å². The molecule has 0 unspecified atom stereocenters. The number of aromatic hydroxyl groups is 1. The zero-order valence-electron chi connectivity index (χ0n) is 10.9. The first kappa shape index (κ1) is 14.6. The molecule has 0 radical (unpaired) electrons. The van der Waals surface area contributed by atoms with Crippen LogP contribution in [-0.4, -0.2) is 21.2 Å². The highest BCUT2D eigenvalue weighted by molar-refractivity contribution is 5.93. The minimum absolute atomic E-state index is 0.0752. The molecule has 0 amide bonds. The highest BCUT2D eigenvalue weighted by Gasteiger charge is 2.20. The van der Waals surface area contributed by atoms with E-state index in [1.807, 2.05) is 0 Å². The van der Waals surface area contributed by atoms with Crippen molar-refractivity contribution in [1.29, 1.82) is 10.5 Å². The molecule has 8 nitrogen and oxygen atoms in total. The zero-order chi connectivity index (χ0) is 16.4. The number of nitrogens with one attached hydrogen (secondary N) is 1. The summed E-state index contributed by atoms with van der Waals surface area (Å²) >= 11 is 0. The predicted octanol–water partition coefficient (Wildman–Crippen LogP) is 0.771. The quantitative estimate of drug-likeness (QED) is 0.635. The fourth-order valence-corrected chi connectivity index (χ4v) is 1.99. The standard InChI is InChI=1S/C14H8N4O4/c15-4-8-11(9(5-16)13(20)18-12(8)17)6-1-2-10(19)7(3-6)14(21)22/h1-3,19H,(H,21,22)(H3,17,18,20). The molecule has 0 aliphatic rings. The van der Waals surface area contributed by atoms with Gasteiger partial charge in [-0.1, -0.05) is 6.07 Å². The SMILES string of the molecule is N#Cc1c(N)[nH]c(=O)c(C#N)c1-c1ccc(O)c(C(=O)O)c1. The van der Waals surface area contributed by atoms with Gasteiger partial charge in [0.2, 0.25) is 0 Å². The van der Waals surface area contributed by atoms with Crippen LogP contribution in [0.3, 0.4) is 0 Å². The molecule has 108 valence electrons. The number of carboxylic acid groups (broad SMARTS) is 1. The molecule has 0 saturated carbocycles. The number of benzene rings is 1. The molecule has 0 fully saturated rings. The van der Waals surface area contributed by atoms with Crippen LogP contribution in [0.15, 0.2) is 23.0 Å². The molecule has 2 aromatic rings. The summed E-state index contributed by atoms with van der Waals surface area (Å²) in [4.78, 5) is 25.0. The number of phenols is 1. The van der Waals surface area contributed by atoms with Crippen LogP contribution in [0.5, 0.6) is 5.75 Å². The van der Waals surface area contributed by atoms with E-state index in [1.165, 1.54) is 6.07 Å². The predicted molar refractivity (Wildman–Crippen MR) is 75.0 cm³/mol. The van der Waals surface area contributed by atoms with Gasteiger partial charge in [-0.3, -0.25) is 4.79 Å². The fourth-order valence-electron chi connectivity index (χ4n) is 1.99. The van der Waals surface area contributed by atoms with Gasteiger partial charge in [-0.25, -0.2) is 4.79 Å². The fraction of sp³-hybridized carbons (Fsp3) is 0. The van der Waals surface area contributed by atoms with Gasteiger partial charge in [0, 0.05) is 5.56 Å². The summed E-state index contributed by atoms with van der Waals surface area (Å²) in [6.45, 7) is 0. The molecular formula is C14H8N4O4. The van der Waals surface area contributed by atoms with E-state index >= 15 is 0 Å². The number of aromatic nitrogens is 1. The van der Waals surface area contributed by atoms with Crippen molar-refractivity contribution in [2.75, 3.05) is 5.73 Å². The second-order valence-corrected chi connectivity index (χ2v) is 4.25. The second-order valence-electron chi connectivity index (χ2n) is 4.25. The molecule has 22 heavy (non-hydrogen) atoms. The summed E-state index contributed by atoms with van der Waals surface area (Å²) < 4.78 is 0. The van der Waals surface area contributed by atoms with Gasteiger partial charge in [-0.2, -0.15) is 10.5 Å². The number of nitrogen functional groups attached to an aromatic ring is 1. The molecule has 5 N–H and O–H groups in total. The van der Waals surface area contributed by atoms with Gasteiger partial charge in [-0.05, 0) is 17.7 Å². The maximum Gasteiger partial charge on any atom is 0.339 e. The number of nitrogens with zero attached hydrogens (tertiary/aromatic N) is 2. The molecular weight excluding hydrogens is 288 g/mol. The van der Waals surface area contributed by atoms with E-state index in [1.54, 1.807) is 12.1 Å². The van der Waals surface area contributed by atoms with Gasteiger partial charge in [-0.15, -0.1) is 0 Å². The lowest BCUT2D eigenvalue weighted by Gasteiger charge is -2.10. The van der Waals surface area contributed by atoms with Crippen molar-refractivity contribution >= 4 is 11.8 Å². The summed E-state index contributed by atoms with van der Waals surface area (Å²) in [7, 11) is 0. The Morgan fingerprint density at radius 3 is 2.41 bits per heavy atom. The van der Waals surface area contributed by atoms with Crippen molar-refractivity contribution in [3.05, 3.63) is 45.2 Å². The monoisotopic (exact) mass is 296 g/mol. The first-order valence-corrected chi connectivity index (χ1v) is 5.83. The average Bonchev–Trinajstić information content (AvgIpc) is 2.47. The van der Waals surface area contributed by atoms with E-state index in [4.69, 9.17) is 16.1 Å². The van der Waals surface area contributed by atoms with Gasteiger partial charge < -0.3 is 20.9 Å². The van der Waals surface area contributed by atoms with Crippen molar-refractivity contribution in [2.24, 2.45) is 0 Å². The number of anilines is 1. The number of aromatic carboxylic acids is 1. The Kier molecular flexibility index (Phi) is 3.53. The molecule has 2 rings (SSSR count). The van der Waals surface area contributed by atoms with Crippen molar-refractivity contribution in [3.63, 3.8) is 0 Å². The van der Waals surface area contributed by atoms with Crippen molar-refractivity contribution < 1.29 is 15.0 Å². The van der Waals surface area contributed by atoms with Crippen LogP contribution in [0.2, 0.25) is 0 Å². The first-order chi connectivity index (χ1) is 10.4. The molecule has 1 heterocycles. The summed E-state index contributed by atoms with van der Waals surface area (Å²) in [5, 5.41) is 36.8. The third-order valence-corrected chi connectivity index (χ3v) is 2.98. The summed E-state index contributed by atoms with van der Waals surface area (Å²) in [5.41, 5.74) is 3.86. The Morgan fingerprint density at radius 2 is 1.86 bits per heavy atom. The van der Waals surface area contributed by atoms with E-state index in [-0.39, 0.29) is 28.1 Å². The Labute approximate surface area is 123 Å². The molecule has 0 spiro atoms. The molecule has 0 atom stereocenters. The summed E-state index contributed by atoms with van der Waals surface area (Å²) in [6, 6.07) is 6.89.